The number of ketones is 1. The molecule has 0 aromatic rings. The summed E-state index contributed by atoms with van der Waals surface area (Å²) in [6, 6.07) is 0. The molecular weight excluding hydrogens is 692 g/mol. The van der Waals surface area contributed by atoms with E-state index in [1.54, 1.807) is 0 Å². The van der Waals surface area contributed by atoms with Gasteiger partial charge in [0.25, 0.3) is 0 Å². The van der Waals surface area contributed by atoms with Gasteiger partial charge < -0.3 is 64.2 Å². The van der Waals surface area contributed by atoms with E-state index in [0.29, 0.717) is 48.7 Å². The molecule has 8 fully saturated rings. The number of Topliss-reactive ketones (excluding diaryl/α,β-unsaturated/α-hetero) is 1. The van der Waals surface area contributed by atoms with Gasteiger partial charge in [-0.05, 0) is 85.4 Å². The van der Waals surface area contributed by atoms with Gasteiger partial charge in [-0.3, -0.25) is 4.79 Å². The second-order valence-corrected chi connectivity index (χ2v) is 18.7. The first-order valence-corrected chi connectivity index (χ1v) is 20.2. The molecule has 4 saturated carbocycles. The third-order valence-corrected chi connectivity index (χ3v) is 15.9. The molecule has 8 aliphatic rings. The van der Waals surface area contributed by atoms with E-state index in [-0.39, 0.29) is 40.8 Å². The molecule has 4 aliphatic heterocycles. The van der Waals surface area contributed by atoms with Crippen molar-refractivity contribution in [3.63, 3.8) is 0 Å². The van der Waals surface area contributed by atoms with Crippen molar-refractivity contribution in [2.24, 2.45) is 52.3 Å². The summed E-state index contributed by atoms with van der Waals surface area (Å²) < 4.78 is 36.8. The SMILES string of the molecule is C[C@@H]1CC[C@@]2(OC1)OC1C[C@H]3[C@@H]4CC[C@H]5C[C@@H](O[C@H]6O[C@H](CO)[C@@H](O[C@@H]7O[C@H](CO)[C@@H](O)[C@H](O)[C@H]7O)[C@H](O)[C@H]6O)CC[C@]5(C)[C@H]4C(=O)C[C@]3(C)C1[C@@H]2C. The van der Waals surface area contributed by atoms with Crippen molar-refractivity contribution in [1.29, 1.82) is 0 Å². The van der Waals surface area contributed by atoms with Crippen molar-refractivity contribution in [3.8, 4) is 0 Å². The molecule has 14 heteroatoms. The van der Waals surface area contributed by atoms with Gasteiger partial charge in [0, 0.05) is 24.7 Å². The lowest BCUT2D eigenvalue weighted by Gasteiger charge is -2.60. The molecule has 22 atom stereocenters. The molecule has 53 heavy (non-hydrogen) atoms. The summed E-state index contributed by atoms with van der Waals surface area (Å²) in [6.07, 6.45) is -7.48. The molecule has 0 radical (unpaired) electrons. The minimum Gasteiger partial charge on any atom is -0.394 e. The van der Waals surface area contributed by atoms with E-state index in [2.05, 4.69) is 27.7 Å². The Morgan fingerprint density at radius 2 is 1.47 bits per heavy atom. The van der Waals surface area contributed by atoms with E-state index >= 15 is 0 Å². The molecule has 0 amide bonds. The fraction of sp³-hybridized carbons (Fsp3) is 0.974. The molecule has 0 aromatic carbocycles. The fourth-order valence-corrected chi connectivity index (χ4v) is 13.0. The van der Waals surface area contributed by atoms with E-state index in [1.165, 1.54) is 0 Å². The lowest BCUT2D eigenvalue weighted by molar-refractivity contribution is -0.364. The van der Waals surface area contributed by atoms with Crippen LogP contribution in [-0.4, -0.2) is 141 Å². The quantitative estimate of drug-likeness (QED) is 0.185. The van der Waals surface area contributed by atoms with Crippen LogP contribution < -0.4 is 0 Å². The Labute approximate surface area is 311 Å². The van der Waals surface area contributed by atoms with E-state index in [9.17, 15) is 40.5 Å². The van der Waals surface area contributed by atoms with Crippen LogP contribution in [0.25, 0.3) is 0 Å². The number of hydrogen-bond acceptors (Lipinski definition) is 14. The molecular formula is C39H62O14. The van der Waals surface area contributed by atoms with Crippen molar-refractivity contribution in [3.05, 3.63) is 0 Å². The Morgan fingerprint density at radius 3 is 2.17 bits per heavy atom. The fourth-order valence-electron chi connectivity index (χ4n) is 13.0. The summed E-state index contributed by atoms with van der Waals surface area (Å²) in [4.78, 5) is 14.5. The molecule has 2 unspecified atom stereocenters. The van der Waals surface area contributed by atoms with Crippen LogP contribution in [-0.2, 0) is 33.2 Å². The molecule has 1 spiro atoms. The maximum Gasteiger partial charge on any atom is 0.187 e. The molecule has 8 rings (SSSR count). The summed E-state index contributed by atoms with van der Waals surface area (Å²) >= 11 is 0. The Bertz CT molecular complexity index is 1340. The topological polar surface area (TPSA) is 214 Å². The van der Waals surface area contributed by atoms with Crippen LogP contribution in [0.3, 0.4) is 0 Å². The number of rotatable bonds is 6. The predicted molar refractivity (Wildman–Crippen MR) is 183 cm³/mol. The number of ether oxygens (including phenoxy) is 6. The third-order valence-electron chi connectivity index (χ3n) is 15.9. The first kappa shape index (κ1) is 39.0. The van der Waals surface area contributed by atoms with Gasteiger partial charge in [-0.15, -0.1) is 0 Å². The zero-order valence-corrected chi connectivity index (χ0v) is 31.4. The number of fused-ring (bicyclic) bond motifs is 7. The molecule has 14 nitrogen and oxygen atoms in total. The van der Waals surface area contributed by atoms with Gasteiger partial charge in [0.1, 0.15) is 54.6 Å². The van der Waals surface area contributed by atoms with Crippen LogP contribution in [0.2, 0.25) is 0 Å². The first-order valence-electron chi connectivity index (χ1n) is 20.2. The zero-order valence-electron chi connectivity index (χ0n) is 31.4. The van der Waals surface area contributed by atoms with Gasteiger partial charge in [-0.2, -0.15) is 0 Å². The minimum absolute atomic E-state index is 0.0208. The molecule has 0 bridgehead atoms. The first-order chi connectivity index (χ1) is 25.2. The van der Waals surface area contributed by atoms with Crippen molar-refractivity contribution in [2.75, 3.05) is 19.8 Å². The lowest BCUT2D eigenvalue weighted by atomic mass is 9.44. The zero-order chi connectivity index (χ0) is 37.8. The highest BCUT2D eigenvalue weighted by Crippen LogP contribution is 2.70. The van der Waals surface area contributed by atoms with Gasteiger partial charge in [-0.1, -0.05) is 27.7 Å². The highest BCUT2D eigenvalue weighted by molar-refractivity contribution is 5.84. The minimum atomic E-state index is -1.74. The number of hydrogen-bond donors (Lipinski definition) is 7. The second-order valence-electron chi connectivity index (χ2n) is 18.7. The van der Waals surface area contributed by atoms with Gasteiger partial charge in [0.05, 0.1) is 32.0 Å². The van der Waals surface area contributed by atoms with Gasteiger partial charge >= 0.3 is 0 Å². The van der Waals surface area contributed by atoms with Crippen LogP contribution in [0, 0.1) is 52.3 Å². The van der Waals surface area contributed by atoms with Crippen molar-refractivity contribution in [2.45, 2.75) is 165 Å². The van der Waals surface area contributed by atoms with E-state index < -0.39 is 80.4 Å². The largest absolute Gasteiger partial charge is 0.394 e. The maximum atomic E-state index is 14.5. The van der Waals surface area contributed by atoms with Crippen LogP contribution in [0.4, 0.5) is 0 Å². The van der Waals surface area contributed by atoms with Gasteiger partial charge in [-0.25, -0.2) is 0 Å². The average Bonchev–Trinajstić information content (AvgIpc) is 3.57. The van der Waals surface area contributed by atoms with Crippen LogP contribution >= 0.6 is 0 Å². The van der Waals surface area contributed by atoms with Crippen molar-refractivity contribution < 1.29 is 69.0 Å². The summed E-state index contributed by atoms with van der Waals surface area (Å²) in [5.41, 5.74) is -0.288. The predicted octanol–water partition coefficient (Wildman–Crippen LogP) is 0.621. The van der Waals surface area contributed by atoms with E-state index in [4.69, 9.17) is 28.4 Å². The average molecular weight is 755 g/mol. The summed E-state index contributed by atoms with van der Waals surface area (Å²) in [5.74, 6) is 1.91. The standard InChI is InChI=1S/C39H62O14/c1-17-7-10-39(48-16-17)18(2)27-24(53-39)12-22-21-6-5-19-11-20(8-9-37(19,3)28(21)23(42)13-38(22,27)4)49-35-33(47)31(45)34(26(15-41)51-35)52-36-32(46)30(44)29(43)25(14-40)50-36/h17-22,24-36,40-41,43-47H,5-16H2,1-4H3/t17-,18+,19+,20+,21+,22+,24?,25-,26-,27?,28-,29-,30+,31-,32-,33-,34-,35+,36+,37+,38+,39-/m1/s1. The molecule has 7 N–H and O–H groups in total. The molecule has 4 aliphatic carbocycles. The normalized spacial score (nSPS) is 58.2. The second kappa shape index (κ2) is 14.2. The van der Waals surface area contributed by atoms with E-state index in [0.717, 1.165) is 45.1 Å². The summed E-state index contributed by atoms with van der Waals surface area (Å²) in [6.45, 7) is 8.63. The smallest absolute Gasteiger partial charge is 0.187 e. The van der Waals surface area contributed by atoms with Crippen LogP contribution in [0.15, 0.2) is 0 Å². The van der Waals surface area contributed by atoms with Crippen molar-refractivity contribution in [1.82, 2.24) is 0 Å². The third kappa shape index (κ3) is 6.12. The Morgan fingerprint density at radius 1 is 0.774 bits per heavy atom. The number of carbonyl (C=O) groups excluding carboxylic acids is 1. The molecule has 4 saturated heterocycles. The Kier molecular flexibility index (Phi) is 10.5. The van der Waals surface area contributed by atoms with Crippen LogP contribution in [0.5, 0.6) is 0 Å². The molecule has 302 valence electrons. The van der Waals surface area contributed by atoms with Gasteiger partial charge in [0.2, 0.25) is 0 Å². The number of aliphatic hydroxyl groups excluding tert-OH is 7. The van der Waals surface area contributed by atoms with E-state index in [1.807, 2.05) is 0 Å². The monoisotopic (exact) mass is 754 g/mol. The maximum absolute atomic E-state index is 14.5. The van der Waals surface area contributed by atoms with Crippen LogP contribution in [0.1, 0.15) is 85.5 Å². The number of carbonyl (C=O) groups is 1. The van der Waals surface area contributed by atoms with Gasteiger partial charge in [0.15, 0.2) is 18.4 Å². The summed E-state index contributed by atoms with van der Waals surface area (Å²) in [7, 11) is 0. The Hall–Kier alpha value is -0.850. The highest BCUT2D eigenvalue weighted by atomic mass is 16.7. The Balaban J connectivity index is 0.911. The molecule has 4 heterocycles. The van der Waals surface area contributed by atoms with Crippen molar-refractivity contribution >= 4 is 5.78 Å². The highest BCUT2D eigenvalue weighted by Gasteiger charge is 2.71. The lowest BCUT2D eigenvalue weighted by Crippen LogP contribution is -2.65. The molecule has 0 aromatic heterocycles. The summed E-state index contributed by atoms with van der Waals surface area (Å²) in [5, 5.41) is 72.7. The number of aliphatic hydroxyl groups is 7.